The van der Waals surface area contributed by atoms with Gasteiger partial charge in [-0.15, -0.1) is 0 Å². The summed E-state index contributed by atoms with van der Waals surface area (Å²) in [5.41, 5.74) is 2.18. The first-order chi connectivity index (χ1) is 7.91. The molecule has 17 heavy (non-hydrogen) atoms. The molecular formula is C14H21FOS. The molecule has 0 saturated carbocycles. The summed E-state index contributed by atoms with van der Waals surface area (Å²) in [6.07, 6.45) is -0.709. The first kappa shape index (κ1) is 14.5. The van der Waals surface area contributed by atoms with Crippen LogP contribution in [0.2, 0.25) is 0 Å². The van der Waals surface area contributed by atoms with Gasteiger partial charge >= 0.3 is 0 Å². The third kappa shape index (κ3) is 4.32. The predicted octanol–water partition coefficient (Wildman–Crippen LogP) is 3.87. The normalized spacial score (nSPS) is 13.1. The van der Waals surface area contributed by atoms with Crippen molar-refractivity contribution in [2.75, 3.05) is 11.5 Å². The molecule has 0 aromatic heterocycles. The molecule has 0 amide bonds. The molecule has 0 aliphatic rings. The Labute approximate surface area is 107 Å². The lowest BCUT2D eigenvalue weighted by molar-refractivity contribution is 0.198. The molecule has 1 rings (SSSR count). The molecule has 1 atom stereocenters. The van der Waals surface area contributed by atoms with E-state index in [4.69, 9.17) is 0 Å². The van der Waals surface area contributed by atoms with Crippen LogP contribution in [-0.4, -0.2) is 16.6 Å². The Balaban J connectivity index is 2.72. The number of aryl methyl sites for hydroxylation is 2. The lowest BCUT2D eigenvalue weighted by atomic mass is 10.0. The number of aliphatic hydroxyl groups is 1. The van der Waals surface area contributed by atoms with E-state index in [1.54, 1.807) is 11.8 Å². The van der Waals surface area contributed by atoms with Gasteiger partial charge in [-0.05, 0) is 42.7 Å². The first-order valence-electron chi connectivity index (χ1n) is 5.94. The van der Waals surface area contributed by atoms with E-state index in [9.17, 15) is 9.50 Å². The highest BCUT2D eigenvalue weighted by Crippen LogP contribution is 2.26. The Kier molecular flexibility index (Phi) is 5.47. The second kappa shape index (κ2) is 6.41. The summed E-state index contributed by atoms with van der Waals surface area (Å²) in [5.74, 6) is 1.85. The molecule has 0 heterocycles. The molecule has 0 spiro atoms. The van der Waals surface area contributed by atoms with Crippen molar-refractivity contribution in [2.24, 2.45) is 5.92 Å². The van der Waals surface area contributed by atoms with Gasteiger partial charge in [0.25, 0.3) is 0 Å². The largest absolute Gasteiger partial charge is 0.387 e. The number of hydrogen-bond acceptors (Lipinski definition) is 2. The Bertz CT molecular complexity index is 353. The summed E-state index contributed by atoms with van der Waals surface area (Å²) in [5, 5.41) is 10.0. The van der Waals surface area contributed by atoms with Crippen molar-refractivity contribution in [3.05, 3.63) is 34.6 Å². The minimum absolute atomic E-state index is 0.292. The van der Waals surface area contributed by atoms with Crippen LogP contribution in [0.3, 0.4) is 0 Å². The third-order valence-electron chi connectivity index (χ3n) is 2.54. The molecule has 0 aliphatic carbocycles. The molecule has 0 radical (unpaired) electrons. The van der Waals surface area contributed by atoms with E-state index in [0.717, 1.165) is 16.9 Å². The van der Waals surface area contributed by atoms with Gasteiger partial charge in [-0.1, -0.05) is 19.9 Å². The maximum absolute atomic E-state index is 13.8. The smallest absolute Gasteiger partial charge is 0.129 e. The van der Waals surface area contributed by atoms with Crippen molar-refractivity contribution >= 4 is 11.8 Å². The van der Waals surface area contributed by atoms with E-state index in [2.05, 4.69) is 13.8 Å². The van der Waals surface area contributed by atoms with Gasteiger partial charge < -0.3 is 5.11 Å². The molecular weight excluding hydrogens is 235 g/mol. The lowest BCUT2D eigenvalue weighted by Crippen LogP contribution is -2.07. The van der Waals surface area contributed by atoms with Crippen LogP contribution in [0.1, 0.15) is 36.6 Å². The fourth-order valence-corrected chi connectivity index (χ4v) is 2.85. The molecule has 0 bridgehead atoms. The van der Waals surface area contributed by atoms with Gasteiger partial charge in [-0.25, -0.2) is 4.39 Å². The van der Waals surface area contributed by atoms with E-state index in [0.29, 0.717) is 17.2 Å². The molecule has 96 valence electrons. The van der Waals surface area contributed by atoms with E-state index in [-0.39, 0.29) is 5.82 Å². The number of thioether (sulfide) groups is 1. The van der Waals surface area contributed by atoms with Gasteiger partial charge in [0.1, 0.15) is 5.82 Å². The van der Waals surface area contributed by atoms with Gasteiger partial charge in [-0.2, -0.15) is 11.8 Å². The van der Waals surface area contributed by atoms with E-state index < -0.39 is 6.10 Å². The molecule has 0 aliphatic heterocycles. The van der Waals surface area contributed by atoms with Crippen molar-refractivity contribution < 1.29 is 9.50 Å². The first-order valence-corrected chi connectivity index (χ1v) is 7.09. The van der Waals surface area contributed by atoms with Crippen LogP contribution in [0.25, 0.3) is 0 Å². The van der Waals surface area contributed by atoms with Crippen molar-refractivity contribution in [3.8, 4) is 0 Å². The number of halogens is 1. The lowest BCUT2D eigenvalue weighted by Gasteiger charge is -2.15. The minimum Gasteiger partial charge on any atom is -0.387 e. The maximum Gasteiger partial charge on any atom is 0.129 e. The highest BCUT2D eigenvalue weighted by atomic mass is 32.2. The molecule has 1 nitrogen and oxygen atoms in total. The minimum atomic E-state index is -0.709. The predicted molar refractivity (Wildman–Crippen MR) is 73.0 cm³/mol. The Morgan fingerprint density at radius 3 is 2.41 bits per heavy atom. The summed E-state index contributed by atoms with van der Waals surface area (Å²) in [7, 11) is 0. The average molecular weight is 256 g/mol. The Hall–Kier alpha value is -0.540. The van der Waals surface area contributed by atoms with Crippen molar-refractivity contribution in [3.63, 3.8) is 0 Å². The summed E-state index contributed by atoms with van der Waals surface area (Å²) in [6.45, 7) is 7.98. The van der Waals surface area contributed by atoms with Crippen LogP contribution in [0, 0.1) is 25.6 Å². The van der Waals surface area contributed by atoms with Crippen molar-refractivity contribution in [2.45, 2.75) is 33.8 Å². The fraction of sp³-hybridized carbons (Fsp3) is 0.571. The van der Waals surface area contributed by atoms with E-state index in [1.165, 1.54) is 6.07 Å². The fourth-order valence-electron chi connectivity index (χ4n) is 1.85. The second-order valence-corrected chi connectivity index (χ2v) is 6.00. The Morgan fingerprint density at radius 1 is 1.24 bits per heavy atom. The van der Waals surface area contributed by atoms with E-state index >= 15 is 0 Å². The molecule has 1 aromatic carbocycles. The zero-order valence-corrected chi connectivity index (χ0v) is 11.8. The van der Waals surface area contributed by atoms with Crippen molar-refractivity contribution in [1.29, 1.82) is 0 Å². The van der Waals surface area contributed by atoms with Gasteiger partial charge in [0.15, 0.2) is 0 Å². The van der Waals surface area contributed by atoms with Gasteiger partial charge in [0, 0.05) is 11.3 Å². The molecule has 0 fully saturated rings. The van der Waals surface area contributed by atoms with Crippen LogP contribution in [-0.2, 0) is 0 Å². The highest BCUT2D eigenvalue weighted by Gasteiger charge is 2.16. The van der Waals surface area contributed by atoms with Crippen LogP contribution in [0.4, 0.5) is 4.39 Å². The summed E-state index contributed by atoms with van der Waals surface area (Å²) in [4.78, 5) is 0. The van der Waals surface area contributed by atoms with Crippen LogP contribution in [0.15, 0.2) is 12.1 Å². The number of benzene rings is 1. The van der Waals surface area contributed by atoms with Crippen LogP contribution >= 0.6 is 11.8 Å². The molecule has 1 aromatic rings. The van der Waals surface area contributed by atoms with Gasteiger partial charge in [0.05, 0.1) is 6.10 Å². The highest BCUT2D eigenvalue weighted by molar-refractivity contribution is 7.99. The monoisotopic (exact) mass is 256 g/mol. The topological polar surface area (TPSA) is 20.2 Å². The molecule has 3 heteroatoms. The third-order valence-corrected chi connectivity index (χ3v) is 3.99. The number of hydrogen-bond donors (Lipinski definition) is 1. The standard InChI is InChI=1S/C14H21FOS/c1-9(2)7-17-8-13(16)14-11(4)5-10(3)6-12(14)15/h5-6,9,13,16H,7-8H2,1-4H3. The number of rotatable bonds is 5. The van der Waals surface area contributed by atoms with Crippen molar-refractivity contribution in [1.82, 2.24) is 0 Å². The Morgan fingerprint density at radius 2 is 1.88 bits per heavy atom. The average Bonchev–Trinajstić information content (AvgIpc) is 2.14. The molecule has 0 saturated heterocycles. The SMILES string of the molecule is Cc1cc(C)c(C(O)CSCC(C)C)c(F)c1. The second-order valence-electron chi connectivity index (χ2n) is 4.92. The van der Waals surface area contributed by atoms with Crippen LogP contribution < -0.4 is 0 Å². The van der Waals surface area contributed by atoms with Gasteiger partial charge in [-0.3, -0.25) is 0 Å². The van der Waals surface area contributed by atoms with Gasteiger partial charge in [0.2, 0.25) is 0 Å². The zero-order chi connectivity index (χ0) is 13.0. The van der Waals surface area contributed by atoms with Crippen LogP contribution in [0.5, 0.6) is 0 Å². The van der Waals surface area contributed by atoms with E-state index in [1.807, 2.05) is 19.9 Å². The number of aliphatic hydroxyl groups excluding tert-OH is 1. The summed E-state index contributed by atoms with van der Waals surface area (Å²) in [6, 6.07) is 3.40. The molecule has 1 N–H and O–H groups in total. The zero-order valence-electron chi connectivity index (χ0n) is 11.0. The quantitative estimate of drug-likeness (QED) is 0.863. The summed E-state index contributed by atoms with van der Waals surface area (Å²) >= 11 is 1.67. The molecule has 1 unspecified atom stereocenters. The maximum atomic E-state index is 13.8. The summed E-state index contributed by atoms with van der Waals surface area (Å²) < 4.78 is 13.8.